The van der Waals surface area contributed by atoms with Crippen LogP contribution in [0, 0.1) is 17.0 Å². The largest absolute Gasteiger partial charge is 0.352 e. The van der Waals surface area contributed by atoms with Gasteiger partial charge < -0.3 is 10.6 Å². The van der Waals surface area contributed by atoms with Gasteiger partial charge in [0.2, 0.25) is 0 Å². The van der Waals surface area contributed by atoms with E-state index in [-0.39, 0.29) is 11.6 Å². The van der Waals surface area contributed by atoms with Crippen molar-refractivity contribution in [2.75, 3.05) is 19.6 Å². The number of rotatable bonds is 7. The highest BCUT2D eigenvalue weighted by molar-refractivity contribution is 5.95. The number of non-ortho nitro benzene ring substituents is 1. The zero-order chi connectivity index (χ0) is 14.3. The predicted molar refractivity (Wildman–Crippen MR) is 73.3 cm³/mol. The van der Waals surface area contributed by atoms with Crippen LogP contribution in [0.15, 0.2) is 18.2 Å². The molecule has 2 N–H and O–H groups in total. The van der Waals surface area contributed by atoms with Gasteiger partial charge in [-0.2, -0.15) is 0 Å². The van der Waals surface area contributed by atoms with Crippen LogP contribution in [0.2, 0.25) is 0 Å². The number of nitrogens with zero attached hydrogens (tertiary/aromatic N) is 1. The van der Waals surface area contributed by atoms with Crippen molar-refractivity contribution in [2.24, 2.45) is 0 Å². The fourth-order valence-corrected chi connectivity index (χ4v) is 1.70. The maximum absolute atomic E-state index is 11.9. The van der Waals surface area contributed by atoms with Gasteiger partial charge in [0.05, 0.1) is 4.92 Å². The Morgan fingerprint density at radius 3 is 2.68 bits per heavy atom. The minimum atomic E-state index is -0.467. The van der Waals surface area contributed by atoms with Crippen molar-refractivity contribution in [2.45, 2.75) is 20.3 Å². The Morgan fingerprint density at radius 1 is 1.37 bits per heavy atom. The zero-order valence-electron chi connectivity index (χ0n) is 11.2. The van der Waals surface area contributed by atoms with E-state index < -0.39 is 4.92 Å². The molecule has 1 aromatic rings. The molecule has 0 aliphatic rings. The highest BCUT2D eigenvalue weighted by Gasteiger charge is 2.12. The van der Waals surface area contributed by atoms with Crippen LogP contribution in [0.5, 0.6) is 0 Å². The van der Waals surface area contributed by atoms with Crippen molar-refractivity contribution in [1.29, 1.82) is 0 Å². The molecule has 104 valence electrons. The van der Waals surface area contributed by atoms with E-state index in [1.807, 2.05) is 6.92 Å². The van der Waals surface area contributed by atoms with Crippen molar-refractivity contribution in [3.63, 3.8) is 0 Å². The third-order valence-electron chi connectivity index (χ3n) is 2.73. The van der Waals surface area contributed by atoms with Crippen LogP contribution in [0.1, 0.15) is 29.3 Å². The minimum Gasteiger partial charge on any atom is -0.352 e. The number of hydrogen-bond donors (Lipinski definition) is 2. The molecule has 0 spiro atoms. The van der Waals surface area contributed by atoms with Crippen LogP contribution in [0.4, 0.5) is 5.69 Å². The first-order valence-corrected chi connectivity index (χ1v) is 6.30. The summed E-state index contributed by atoms with van der Waals surface area (Å²) in [5.74, 6) is -0.191. The summed E-state index contributed by atoms with van der Waals surface area (Å²) >= 11 is 0. The second kappa shape index (κ2) is 7.48. The lowest BCUT2D eigenvalue weighted by Crippen LogP contribution is -2.27. The third kappa shape index (κ3) is 4.67. The number of nitro groups is 1. The summed E-state index contributed by atoms with van der Waals surface area (Å²) in [5.41, 5.74) is 1.09. The Bertz CT molecular complexity index is 460. The summed E-state index contributed by atoms with van der Waals surface area (Å²) < 4.78 is 0. The number of nitrogens with one attached hydrogen (secondary N) is 2. The molecule has 1 aromatic carbocycles. The average Bonchev–Trinajstić information content (AvgIpc) is 2.38. The standard InChI is InChI=1S/C13H19N3O3/c1-3-14-7-4-8-15-13(17)12-6-5-11(16(18)19)9-10(12)2/h5-6,9,14H,3-4,7-8H2,1-2H3,(H,15,17). The summed E-state index contributed by atoms with van der Waals surface area (Å²) in [7, 11) is 0. The summed E-state index contributed by atoms with van der Waals surface area (Å²) in [5, 5.41) is 16.6. The van der Waals surface area contributed by atoms with Crippen LogP contribution in [-0.2, 0) is 0 Å². The molecule has 0 aromatic heterocycles. The lowest BCUT2D eigenvalue weighted by atomic mass is 10.1. The highest BCUT2D eigenvalue weighted by Crippen LogP contribution is 2.16. The Balaban J connectivity index is 2.55. The van der Waals surface area contributed by atoms with Gasteiger partial charge >= 0.3 is 0 Å². The summed E-state index contributed by atoms with van der Waals surface area (Å²) in [6.07, 6.45) is 0.853. The third-order valence-corrected chi connectivity index (χ3v) is 2.73. The van der Waals surface area contributed by atoms with Crippen LogP contribution >= 0.6 is 0 Å². The van der Waals surface area contributed by atoms with Gasteiger partial charge in [-0.3, -0.25) is 14.9 Å². The Morgan fingerprint density at radius 2 is 2.11 bits per heavy atom. The van der Waals surface area contributed by atoms with Gasteiger partial charge in [0.1, 0.15) is 0 Å². The normalized spacial score (nSPS) is 10.2. The van der Waals surface area contributed by atoms with Crippen LogP contribution in [-0.4, -0.2) is 30.5 Å². The molecular weight excluding hydrogens is 246 g/mol. The molecular formula is C13H19N3O3. The molecule has 6 heteroatoms. The molecule has 0 atom stereocenters. The van der Waals surface area contributed by atoms with E-state index >= 15 is 0 Å². The second-order valence-electron chi connectivity index (χ2n) is 4.22. The van der Waals surface area contributed by atoms with Gasteiger partial charge in [0, 0.05) is 24.2 Å². The number of carbonyl (C=O) groups is 1. The molecule has 6 nitrogen and oxygen atoms in total. The molecule has 0 fully saturated rings. The molecule has 1 amide bonds. The summed E-state index contributed by atoms with van der Waals surface area (Å²) in [6, 6.07) is 4.25. The maximum Gasteiger partial charge on any atom is 0.269 e. The summed E-state index contributed by atoms with van der Waals surface area (Å²) in [6.45, 7) is 6.08. The summed E-state index contributed by atoms with van der Waals surface area (Å²) in [4.78, 5) is 22.0. The van der Waals surface area contributed by atoms with Crippen molar-refractivity contribution in [3.05, 3.63) is 39.4 Å². The van der Waals surface area contributed by atoms with Gasteiger partial charge in [-0.05, 0) is 38.1 Å². The van der Waals surface area contributed by atoms with Crippen molar-refractivity contribution in [3.8, 4) is 0 Å². The molecule has 0 saturated heterocycles. The van der Waals surface area contributed by atoms with Gasteiger partial charge in [-0.25, -0.2) is 0 Å². The fraction of sp³-hybridized carbons (Fsp3) is 0.462. The number of carbonyl (C=O) groups excluding carboxylic acids is 1. The van der Waals surface area contributed by atoms with E-state index in [9.17, 15) is 14.9 Å². The average molecular weight is 265 g/mol. The molecule has 19 heavy (non-hydrogen) atoms. The first-order chi connectivity index (χ1) is 9.06. The van der Waals surface area contributed by atoms with Crippen molar-refractivity contribution in [1.82, 2.24) is 10.6 Å². The number of hydrogen-bond acceptors (Lipinski definition) is 4. The van der Waals surface area contributed by atoms with Gasteiger partial charge in [0.15, 0.2) is 0 Å². The Labute approximate surface area is 112 Å². The number of nitro benzene ring substituents is 1. The molecule has 0 aliphatic heterocycles. The van der Waals surface area contributed by atoms with E-state index in [2.05, 4.69) is 10.6 Å². The Hall–Kier alpha value is -1.95. The molecule has 0 heterocycles. The zero-order valence-corrected chi connectivity index (χ0v) is 11.2. The molecule has 0 bridgehead atoms. The van der Waals surface area contributed by atoms with Crippen molar-refractivity contribution >= 4 is 11.6 Å². The minimum absolute atomic E-state index is 0.00111. The van der Waals surface area contributed by atoms with Gasteiger partial charge in [-0.1, -0.05) is 6.92 Å². The van der Waals surface area contributed by atoms with Crippen LogP contribution < -0.4 is 10.6 Å². The second-order valence-corrected chi connectivity index (χ2v) is 4.22. The SMILES string of the molecule is CCNCCCNC(=O)c1ccc([N+](=O)[O-])cc1C. The van der Waals surface area contributed by atoms with Crippen molar-refractivity contribution < 1.29 is 9.72 Å². The van der Waals surface area contributed by atoms with Gasteiger partial charge in [0.25, 0.3) is 11.6 Å². The van der Waals surface area contributed by atoms with E-state index in [4.69, 9.17) is 0 Å². The van der Waals surface area contributed by atoms with Crippen LogP contribution in [0.3, 0.4) is 0 Å². The molecule has 0 radical (unpaired) electrons. The van der Waals surface area contributed by atoms with Gasteiger partial charge in [-0.15, -0.1) is 0 Å². The number of amides is 1. The molecule has 0 aliphatic carbocycles. The maximum atomic E-state index is 11.9. The lowest BCUT2D eigenvalue weighted by Gasteiger charge is -2.07. The quantitative estimate of drug-likeness (QED) is 0.446. The monoisotopic (exact) mass is 265 g/mol. The first kappa shape index (κ1) is 15.1. The number of aryl methyl sites for hydroxylation is 1. The predicted octanol–water partition coefficient (Wildman–Crippen LogP) is 1.63. The fourth-order valence-electron chi connectivity index (χ4n) is 1.70. The van der Waals surface area contributed by atoms with E-state index in [0.717, 1.165) is 19.5 Å². The number of benzene rings is 1. The molecule has 0 saturated carbocycles. The smallest absolute Gasteiger partial charge is 0.269 e. The topological polar surface area (TPSA) is 84.3 Å². The first-order valence-electron chi connectivity index (χ1n) is 6.30. The highest BCUT2D eigenvalue weighted by atomic mass is 16.6. The molecule has 1 rings (SSSR count). The van der Waals surface area contributed by atoms with E-state index in [1.165, 1.54) is 18.2 Å². The van der Waals surface area contributed by atoms with E-state index in [1.54, 1.807) is 6.92 Å². The molecule has 0 unspecified atom stereocenters. The Kier molecular flexibility index (Phi) is 5.95. The van der Waals surface area contributed by atoms with Crippen LogP contribution in [0.25, 0.3) is 0 Å². The van der Waals surface area contributed by atoms with E-state index in [0.29, 0.717) is 17.7 Å². The lowest BCUT2D eigenvalue weighted by molar-refractivity contribution is -0.384.